The quantitative estimate of drug-likeness (QED) is 0.323. The Labute approximate surface area is 211 Å². The lowest BCUT2D eigenvalue weighted by Crippen LogP contribution is -2.37. The summed E-state index contributed by atoms with van der Waals surface area (Å²) >= 11 is 7.96. The first-order valence-electron chi connectivity index (χ1n) is 10.8. The number of aromatic nitrogens is 3. The van der Waals surface area contributed by atoms with Crippen molar-refractivity contribution in [2.75, 3.05) is 25.5 Å². The van der Waals surface area contributed by atoms with Crippen molar-refractivity contribution in [1.82, 2.24) is 19.9 Å². The molecule has 1 unspecified atom stereocenters. The van der Waals surface area contributed by atoms with E-state index < -0.39 is 6.61 Å². The Kier molecular flexibility index (Phi) is 7.96. The number of ether oxygens (including phenoxy) is 2. The molecule has 0 saturated carbocycles. The number of nitrogens with one attached hydrogen (secondary N) is 1. The van der Waals surface area contributed by atoms with Crippen molar-refractivity contribution in [1.29, 1.82) is 0 Å². The summed E-state index contributed by atoms with van der Waals surface area (Å²) in [5.74, 6) is 1.29. The molecule has 0 radical (unpaired) electrons. The fourth-order valence-electron chi connectivity index (χ4n) is 3.43. The average Bonchev–Trinajstić information content (AvgIpc) is 3.37. The van der Waals surface area contributed by atoms with Gasteiger partial charge in [0.15, 0.2) is 0 Å². The van der Waals surface area contributed by atoms with Crippen LogP contribution < -0.4 is 14.8 Å². The van der Waals surface area contributed by atoms with E-state index in [2.05, 4.69) is 20.3 Å². The van der Waals surface area contributed by atoms with E-state index in [1.165, 1.54) is 22.6 Å². The van der Waals surface area contributed by atoms with Crippen LogP contribution in [0.5, 0.6) is 11.5 Å². The third-order valence-corrected chi connectivity index (χ3v) is 6.03. The van der Waals surface area contributed by atoms with Gasteiger partial charge in [0.05, 0.1) is 33.7 Å². The Morgan fingerprint density at radius 2 is 2.09 bits per heavy atom. The summed E-state index contributed by atoms with van der Waals surface area (Å²) in [6, 6.07) is 10.9. The Morgan fingerprint density at radius 1 is 1.23 bits per heavy atom. The topological polar surface area (TPSA) is 110 Å². The molecule has 0 aliphatic carbocycles. The molecule has 35 heavy (non-hydrogen) atoms. The predicted octanol–water partition coefficient (Wildman–Crippen LogP) is 4.28. The number of carbonyl (C=O) groups excluding carboxylic acids is 1. The summed E-state index contributed by atoms with van der Waals surface area (Å²) in [5, 5.41) is 15.4. The minimum Gasteiger partial charge on any atom is -0.488 e. The zero-order valence-electron chi connectivity index (χ0n) is 19.1. The van der Waals surface area contributed by atoms with Gasteiger partial charge in [-0.3, -0.25) is 4.79 Å². The zero-order valence-corrected chi connectivity index (χ0v) is 20.7. The molecule has 1 amide bonds. The van der Waals surface area contributed by atoms with Crippen LogP contribution in [0.2, 0.25) is 5.02 Å². The van der Waals surface area contributed by atoms with Gasteiger partial charge in [0.2, 0.25) is 5.91 Å². The molecule has 4 rings (SSSR count). The first-order valence-corrected chi connectivity index (χ1v) is 12.1. The largest absolute Gasteiger partial charge is 0.488 e. The number of nitrogens with zero attached hydrogens (tertiary/aromatic N) is 4. The smallest absolute Gasteiger partial charge is 0.248 e. The normalized spacial score (nSPS) is 11.8. The van der Waals surface area contributed by atoms with Gasteiger partial charge in [-0.05, 0) is 37.3 Å². The summed E-state index contributed by atoms with van der Waals surface area (Å²) < 4.78 is 11.9. The van der Waals surface area contributed by atoms with Gasteiger partial charge in [0.1, 0.15) is 43.0 Å². The standard InChI is InChI=1S/C24H24ClN5O4S/c1-15(9-30(2)22(32)10-31)34-21-5-3-4-19-23(21)24(27-13-26-19)29-16-6-7-20(18(25)8-16)33-11-17-12-35-14-28-17/h3-8,12-15,31H,9-11H2,1-2H3,(H,26,27,29). The number of hydrogen-bond donors (Lipinski definition) is 2. The Morgan fingerprint density at radius 3 is 2.83 bits per heavy atom. The fourth-order valence-corrected chi connectivity index (χ4v) is 4.20. The number of fused-ring (bicyclic) bond motifs is 1. The Hall–Kier alpha value is -3.47. The third-order valence-electron chi connectivity index (χ3n) is 5.10. The van der Waals surface area contributed by atoms with Crippen molar-refractivity contribution in [2.24, 2.45) is 0 Å². The second kappa shape index (κ2) is 11.3. The van der Waals surface area contributed by atoms with Crippen molar-refractivity contribution in [3.8, 4) is 11.5 Å². The van der Waals surface area contributed by atoms with Crippen LogP contribution in [0.3, 0.4) is 0 Å². The van der Waals surface area contributed by atoms with Crippen LogP contribution in [0.1, 0.15) is 12.6 Å². The highest BCUT2D eigenvalue weighted by Gasteiger charge is 2.16. The van der Waals surface area contributed by atoms with Crippen molar-refractivity contribution in [2.45, 2.75) is 19.6 Å². The maximum absolute atomic E-state index is 11.7. The van der Waals surface area contributed by atoms with Crippen molar-refractivity contribution in [3.05, 3.63) is 64.3 Å². The minimum atomic E-state index is -0.545. The highest BCUT2D eigenvalue weighted by molar-refractivity contribution is 7.07. The molecular formula is C24H24ClN5O4S. The second-order valence-corrected chi connectivity index (χ2v) is 8.90. The van der Waals surface area contributed by atoms with Crippen molar-refractivity contribution < 1.29 is 19.4 Å². The number of halogens is 1. The summed E-state index contributed by atoms with van der Waals surface area (Å²) in [6.07, 6.45) is 1.14. The second-order valence-electron chi connectivity index (χ2n) is 7.77. The van der Waals surface area contributed by atoms with Gasteiger partial charge in [0, 0.05) is 18.1 Å². The van der Waals surface area contributed by atoms with Crippen molar-refractivity contribution in [3.63, 3.8) is 0 Å². The molecule has 0 saturated heterocycles. The van der Waals surface area contributed by atoms with Crippen LogP contribution in [-0.2, 0) is 11.4 Å². The van der Waals surface area contributed by atoms with Crippen LogP contribution in [0.15, 0.2) is 53.6 Å². The van der Waals surface area contributed by atoms with Crippen molar-refractivity contribution >= 4 is 51.3 Å². The zero-order chi connectivity index (χ0) is 24.8. The van der Waals surface area contributed by atoms with Gasteiger partial charge in [0.25, 0.3) is 0 Å². The number of carbonyl (C=O) groups is 1. The Bertz CT molecular complexity index is 1300. The first kappa shape index (κ1) is 24.6. The molecule has 4 aromatic rings. The molecule has 0 fully saturated rings. The van der Waals surface area contributed by atoms with Crippen LogP contribution >= 0.6 is 22.9 Å². The number of aliphatic hydroxyl groups is 1. The van der Waals surface area contributed by atoms with E-state index in [0.717, 1.165) is 5.69 Å². The SMILES string of the molecule is CC(CN(C)C(=O)CO)Oc1cccc2ncnc(Nc3ccc(OCc4cscn4)c(Cl)c3)c12. The number of amides is 1. The molecule has 0 spiro atoms. The number of thiazole rings is 1. The third kappa shape index (κ3) is 6.16. The van der Waals surface area contributed by atoms with Crippen LogP contribution in [0.4, 0.5) is 11.5 Å². The molecule has 2 aromatic heterocycles. The highest BCUT2D eigenvalue weighted by Crippen LogP contribution is 2.34. The fraction of sp³-hybridized carbons (Fsp3) is 0.250. The molecule has 2 heterocycles. The summed E-state index contributed by atoms with van der Waals surface area (Å²) in [7, 11) is 1.62. The van der Waals surface area contributed by atoms with Crippen LogP contribution in [0, 0.1) is 0 Å². The van der Waals surface area contributed by atoms with E-state index in [9.17, 15) is 4.79 Å². The van der Waals surface area contributed by atoms with Gasteiger partial charge in [-0.25, -0.2) is 15.0 Å². The van der Waals surface area contributed by atoms with Gasteiger partial charge >= 0.3 is 0 Å². The molecule has 0 aliphatic rings. The molecule has 11 heteroatoms. The van der Waals surface area contributed by atoms with E-state index in [1.54, 1.807) is 24.7 Å². The summed E-state index contributed by atoms with van der Waals surface area (Å²) in [4.78, 5) is 26.1. The highest BCUT2D eigenvalue weighted by atomic mass is 35.5. The summed E-state index contributed by atoms with van der Waals surface area (Å²) in [5.41, 5.74) is 4.01. The van der Waals surface area contributed by atoms with Gasteiger partial charge in [-0.15, -0.1) is 11.3 Å². The monoisotopic (exact) mass is 513 g/mol. The number of hydrogen-bond acceptors (Lipinski definition) is 9. The van der Waals surface area contributed by atoms with Gasteiger partial charge in [-0.2, -0.15) is 0 Å². The Balaban J connectivity index is 1.53. The predicted molar refractivity (Wildman–Crippen MR) is 136 cm³/mol. The number of aliphatic hydroxyl groups excluding tert-OH is 1. The van der Waals surface area contributed by atoms with E-state index in [0.29, 0.717) is 52.1 Å². The number of likely N-dealkylation sites (N-methyl/N-ethyl adjacent to an activating group) is 1. The van der Waals surface area contributed by atoms with E-state index >= 15 is 0 Å². The molecule has 0 aliphatic heterocycles. The number of anilines is 2. The van der Waals surface area contributed by atoms with Crippen LogP contribution in [-0.4, -0.2) is 57.2 Å². The molecule has 9 nitrogen and oxygen atoms in total. The minimum absolute atomic E-state index is 0.310. The lowest BCUT2D eigenvalue weighted by Gasteiger charge is -2.23. The van der Waals surface area contributed by atoms with E-state index in [-0.39, 0.29) is 12.0 Å². The van der Waals surface area contributed by atoms with Gasteiger partial charge in [-0.1, -0.05) is 17.7 Å². The van der Waals surface area contributed by atoms with E-state index in [4.69, 9.17) is 26.2 Å². The van der Waals surface area contributed by atoms with Gasteiger partial charge < -0.3 is 24.8 Å². The molecule has 0 bridgehead atoms. The maximum Gasteiger partial charge on any atom is 0.248 e. The molecular weight excluding hydrogens is 490 g/mol. The first-order chi connectivity index (χ1) is 16.9. The average molecular weight is 514 g/mol. The van der Waals surface area contributed by atoms with E-state index in [1.807, 2.05) is 36.6 Å². The number of rotatable bonds is 10. The van der Waals surface area contributed by atoms with Crippen LogP contribution in [0.25, 0.3) is 10.9 Å². The lowest BCUT2D eigenvalue weighted by molar-refractivity contribution is -0.133. The molecule has 182 valence electrons. The molecule has 2 N–H and O–H groups in total. The lowest BCUT2D eigenvalue weighted by atomic mass is 10.2. The maximum atomic E-state index is 11.7. The summed E-state index contributed by atoms with van der Waals surface area (Å²) in [6.45, 7) is 1.95. The molecule has 2 aromatic carbocycles. The number of benzene rings is 2. The molecule has 1 atom stereocenters.